The SMILES string of the molecule is Cc1ccc(C[C@H](NC(=O)Cc2c(F)cccc2F)C(N)=O)cc1. The number of nitrogens with two attached hydrogens (primary N) is 1. The van der Waals surface area contributed by atoms with Crippen molar-refractivity contribution in [1.29, 1.82) is 0 Å². The first-order valence-electron chi connectivity index (χ1n) is 7.44. The highest BCUT2D eigenvalue weighted by molar-refractivity contribution is 5.87. The summed E-state index contributed by atoms with van der Waals surface area (Å²) in [7, 11) is 0. The molecule has 1 atom stereocenters. The predicted octanol–water partition coefficient (Wildman–Crippen LogP) is 2.03. The second-order valence-corrected chi connectivity index (χ2v) is 5.59. The van der Waals surface area contributed by atoms with E-state index in [4.69, 9.17) is 5.73 Å². The average molecular weight is 332 g/mol. The zero-order valence-corrected chi connectivity index (χ0v) is 13.2. The summed E-state index contributed by atoms with van der Waals surface area (Å²) < 4.78 is 27.2. The fourth-order valence-electron chi connectivity index (χ4n) is 2.29. The van der Waals surface area contributed by atoms with E-state index in [0.29, 0.717) is 0 Å². The molecule has 4 nitrogen and oxygen atoms in total. The molecule has 126 valence electrons. The zero-order chi connectivity index (χ0) is 17.7. The van der Waals surface area contributed by atoms with Crippen LogP contribution in [0.1, 0.15) is 16.7 Å². The molecule has 0 aliphatic rings. The van der Waals surface area contributed by atoms with Crippen molar-refractivity contribution in [1.82, 2.24) is 5.32 Å². The molecule has 0 unspecified atom stereocenters. The van der Waals surface area contributed by atoms with E-state index in [1.165, 1.54) is 6.07 Å². The van der Waals surface area contributed by atoms with E-state index >= 15 is 0 Å². The fourth-order valence-corrected chi connectivity index (χ4v) is 2.29. The maximum Gasteiger partial charge on any atom is 0.240 e. The lowest BCUT2D eigenvalue weighted by atomic mass is 10.0. The number of nitrogens with one attached hydrogen (secondary N) is 1. The second kappa shape index (κ2) is 7.68. The van der Waals surface area contributed by atoms with Crippen LogP contribution in [0.3, 0.4) is 0 Å². The zero-order valence-electron chi connectivity index (χ0n) is 13.2. The Morgan fingerprint density at radius 2 is 1.67 bits per heavy atom. The Morgan fingerprint density at radius 3 is 2.21 bits per heavy atom. The first-order valence-corrected chi connectivity index (χ1v) is 7.44. The van der Waals surface area contributed by atoms with Gasteiger partial charge in [-0.2, -0.15) is 0 Å². The number of benzene rings is 2. The van der Waals surface area contributed by atoms with Crippen molar-refractivity contribution in [2.45, 2.75) is 25.8 Å². The van der Waals surface area contributed by atoms with Crippen LogP contribution in [0.5, 0.6) is 0 Å². The van der Waals surface area contributed by atoms with E-state index < -0.39 is 35.9 Å². The molecule has 2 aromatic rings. The molecule has 0 aliphatic heterocycles. The van der Waals surface area contributed by atoms with Gasteiger partial charge in [-0.15, -0.1) is 0 Å². The minimum absolute atomic E-state index is 0.209. The standard InChI is InChI=1S/C18H18F2N2O2/c1-11-5-7-12(8-6-11)9-16(18(21)24)22-17(23)10-13-14(19)3-2-4-15(13)20/h2-8,16H,9-10H2,1H3,(H2,21,24)(H,22,23)/t16-/m0/s1. The monoisotopic (exact) mass is 332 g/mol. The molecule has 24 heavy (non-hydrogen) atoms. The van der Waals surface area contributed by atoms with Crippen LogP contribution in [0.4, 0.5) is 8.78 Å². The summed E-state index contributed by atoms with van der Waals surface area (Å²) in [6.45, 7) is 1.93. The van der Waals surface area contributed by atoms with E-state index in [9.17, 15) is 18.4 Å². The molecule has 0 fully saturated rings. The van der Waals surface area contributed by atoms with Gasteiger partial charge < -0.3 is 11.1 Å². The second-order valence-electron chi connectivity index (χ2n) is 5.59. The van der Waals surface area contributed by atoms with Gasteiger partial charge in [-0.3, -0.25) is 9.59 Å². The van der Waals surface area contributed by atoms with Gasteiger partial charge in [-0.1, -0.05) is 35.9 Å². The van der Waals surface area contributed by atoms with Crippen LogP contribution >= 0.6 is 0 Å². The van der Waals surface area contributed by atoms with Crippen LogP contribution in [0, 0.1) is 18.6 Å². The molecular formula is C18H18F2N2O2. The molecular weight excluding hydrogens is 314 g/mol. The number of carbonyl (C=O) groups excluding carboxylic acids is 2. The molecule has 0 spiro atoms. The normalized spacial score (nSPS) is 11.8. The summed E-state index contributed by atoms with van der Waals surface area (Å²) in [6, 6.07) is 9.83. The van der Waals surface area contributed by atoms with Crippen molar-refractivity contribution < 1.29 is 18.4 Å². The molecule has 0 aromatic heterocycles. The number of carbonyl (C=O) groups is 2. The minimum Gasteiger partial charge on any atom is -0.368 e. The van der Waals surface area contributed by atoms with Gasteiger partial charge >= 0.3 is 0 Å². The molecule has 2 aromatic carbocycles. The van der Waals surface area contributed by atoms with Crippen LogP contribution < -0.4 is 11.1 Å². The van der Waals surface area contributed by atoms with Crippen molar-refractivity contribution in [3.8, 4) is 0 Å². The first-order chi connectivity index (χ1) is 11.4. The number of amides is 2. The maximum atomic E-state index is 13.6. The number of hydrogen-bond acceptors (Lipinski definition) is 2. The third-order valence-electron chi connectivity index (χ3n) is 3.64. The van der Waals surface area contributed by atoms with E-state index in [0.717, 1.165) is 23.3 Å². The quantitative estimate of drug-likeness (QED) is 0.849. The Labute approximate surface area is 138 Å². The molecule has 0 bridgehead atoms. The van der Waals surface area contributed by atoms with Gasteiger partial charge in [-0.25, -0.2) is 8.78 Å². The van der Waals surface area contributed by atoms with Gasteiger partial charge in [0.05, 0.1) is 6.42 Å². The van der Waals surface area contributed by atoms with Crippen molar-refractivity contribution in [3.63, 3.8) is 0 Å². The first kappa shape index (κ1) is 17.6. The highest BCUT2D eigenvalue weighted by Crippen LogP contribution is 2.13. The van der Waals surface area contributed by atoms with E-state index in [1.807, 2.05) is 31.2 Å². The summed E-state index contributed by atoms with van der Waals surface area (Å²) in [4.78, 5) is 23.6. The van der Waals surface area contributed by atoms with E-state index in [1.54, 1.807) is 0 Å². The molecule has 2 amide bonds. The fraction of sp³-hybridized carbons (Fsp3) is 0.222. The summed E-state index contributed by atoms with van der Waals surface area (Å²) >= 11 is 0. The third-order valence-corrected chi connectivity index (χ3v) is 3.64. The van der Waals surface area contributed by atoms with Crippen molar-refractivity contribution in [2.75, 3.05) is 0 Å². The summed E-state index contributed by atoms with van der Waals surface area (Å²) in [5.74, 6) is -2.99. The summed E-state index contributed by atoms with van der Waals surface area (Å²) in [5, 5.41) is 2.44. The lowest BCUT2D eigenvalue weighted by Gasteiger charge is -2.16. The Kier molecular flexibility index (Phi) is 5.63. The van der Waals surface area contributed by atoms with Crippen molar-refractivity contribution in [2.24, 2.45) is 5.73 Å². The number of primary amides is 1. The molecule has 0 heterocycles. The Bertz CT molecular complexity index is 725. The van der Waals surface area contributed by atoms with Crippen molar-refractivity contribution >= 4 is 11.8 Å². The van der Waals surface area contributed by atoms with Gasteiger partial charge in [0.25, 0.3) is 0 Å². The number of halogens is 2. The maximum absolute atomic E-state index is 13.6. The topological polar surface area (TPSA) is 72.2 Å². The van der Waals surface area contributed by atoms with Crippen LogP contribution in [-0.4, -0.2) is 17.9 Å². The summed E-state index contributed by atoms with van der Waals surface area (Å²) in [5.41, 5.74) is 6.86. The van der Waals surface area contributed by atoms with Gasteiger partial charge in [0.2, 0.25) is 11.8 Å². The van der Waals surface area contributed by atoms with E-state index in [-0.39, 0.29) is 12.0 Å². The Hall–Kier alpha value is -2.76. The lowest BCUT2D eigenvalue weighted by Crippen LogP contribution is -2.46. The van der Waals surface area contributed by atoms with Crippen LogP contribution in [0.15, 0.2) is 42.5 Å². The molecule has 0 aliphatic carbocycles. The minimum atomic E-state index is -0.949. The Balaban J connectivity index is 2.06. The van der Waals surface area contributed by atoms with E-state index in [2.05, 4.69) is 5.32 Å². The van der Waals surface area contributed by atoms with Gasteiger partial charge in [0, 0.05) is 12.0 Å². The lowest BCUT2D eigenvalue weighted by molar-refractivity contribution is -0.127. The van der Waals surface area contributed by atoms with Gasteiger partial charge in [-0.05, 0) is 24.6 Å². The average Bonchev–Trinajstić information content (AvgIpc) is 2.52. The third kappa shape index (κ3) is 4.62. The van der Waals surface area contributed by atoms with Crippen LogP contribution in [0.25, 0.3) is 0 Å². The number of aryl methyl sites for hydroxylation is 1. The highest BCUT2D eigenvalue weighted by Gasteiger charge is 2.20. The van der Waals surface area contributed by atoms with Crippen LogP contribution in [0.2, 0.25) is 0 Å². The number of hydrogen-bond donors (Lipinski definition) is 2. The smallest absolute Gasteiger partial charge is 0.240 e. The molecule has 0 saturated heterocycles. The molecule has 6 heteroatoms. The molecule has 0 radical (unpaired) electrons. The number of rotatable bonds is 6. The predicted molar refractivity (Wildman–Crippen MR) is 86.1 cm³/mol. The molecule has 2 rings (SSSR count). The largest absolute Gasteiger partial charge is 0.368 e. The highest BCUT2D eigenvalue weighted by atomic mass is 19.1. The molecule has 3 N–H and O–H groups in total. The van der Waals surface area contributed by atoms with Crippen molar-refractivity contribution in [3.05, 3.63) is 70.8 Å². The van der Waals surface area contributed by atoms with Gasteiger partial charge in [0.15, 0.2) is 0 Å². The Morgan fingerprint density at radius 1 is 1.08 bits per heavy atom. The van der Waals surface area contributed by atoms with Gasteiger partial charge in [0.1, 0.15) is 17.7 Å². The summed E-state index contributed by atoms with van der Waals surface area (Å²) in [6.07, 6.45) is -0.294. The molecule has 0 saturated carbocycles. The van der Waals surface area contributed by atoms with Crippen LogP contribution in [-0.2, 0) is 22.4 Å².